The van der Waals surface area contributed by atoms with E-state index in [2.05, 4.69) is 27.4 Å². The lowest BCUT2D eigenvalue weighted by molar-refractivity contribution is -0.135. The summed E-state index contributed by atoms with van der Waals surface area (Å²) in [4.78, 5) is 18.0. The van der Waals surface area contributed by atoms with Gasteiger partial charge in [0.2, 0.25) is 0 Å². The van der Waals surface area contributed by atoms with E-state index < -0.39 is 11.9 Å². The zero-order chi connectivity index (χ0) is 12.4. The lowest BCUT2D eigenvalue weighted by atomic mass is 9.98. The number of allylic oxidation sites excluding steroid dienone is 1. The minimum atomic E-state index is -0.833. The van der Waals surface area contributed by atoms with Crippen molar-refractivity contribution in [3.05, 3.63) is 12.7 Å². The van der Waals surface area contributed by atoms with Crippen LogP contribution in [-0.4, -0.2) is 22.2 Å². The molecule has 0 aliphatic rings. The van der Waals surface area contributed by atoms with Crippen LogP contribution < -0.4 is 0 Å². The average Bonchev–Trinajstić information content (AvgIpc) is 1.83. The molecule has 0 unspecified atom stereocenters. The predicted octanol–water partition coefficient (Wildman–Crippen LogP) is 2.40. The summed E-state index contributed by atoms with van der Waals surface area (Å²) in [5, 5.41) is 14.8. The lowest BCUT2D eigenvalue weighted by Crippen LogP contribution is -1.96. The van der Waals surface area contributed by atoms with E-state index >= 15 is 0 Å². The van der Waals surface area contributed by atoms with Crippen LogP contribution >= 0.6 is 0 Å². The molecular weight excluding hydrogens is 184 g/mol. The van der Waals surface area contributed by atoms with Gasteiger partial charge in [-0.15, -0.1) is 6.58 Å². The van der Waals surface area contributed by atoms with Crippen molar-refractivity contribution >= 4 is 11.9 Å². The largest absolute Gasteiger partial charge is 0.481 e. The lowest BCUT2D eigenvalue weighted by Gasteiger charge is -2.08. The Hall–Kier alpha value is -1.32. The van der Waals surface area contributed by atoms with Gasteiger partial charge < -0.3 is 10.2 Å². The highest BCUT2D eigenvalue weighted by Crippen LogP contribution is 2.11. The van der Waals surface area contributed by atoms with Crippen molar-refractivity contribution in [2.24, 2.45) is 5.41 Å². The van der Waals surface area contributed by atoms with E-state index in [0.29, 0.717) is 5.41 Å². The Bertz CT molecular complexity index is 157. The molecule has 14 heavy (non-hydrogen) atoms. The molecule has 0 spiro atoms. The molecule has 0 amide bonds. The molecule has 0 aromatic heterocycles. The molecule has 0 rings (SSSR count). The first-order valence-electron chi connectivity index (χ1n) is 4.05. The summed E-state index contributed by atoms with van der Waals surface area (Å²) >= 11 is 0. The zero-order valence-electron chi connectivity index (χ0n) is 9.50. The van der Waals surface area contributed by atoms with Gasteiger partial charge in [0.1, 0.15) is 0 Å². The third kappa shape index (κ3) is 355. The van der Waals surface area contributed by atoms with Crippen molar-refractivity contribution in [2.75, 3.05) is 0 Å². The molecule has 84 valence electrons. The van der Waals surface area contributed by atoms with Crippen molar-refractivity contribution in [3.8, 4) is 0 Å². The van der Waals surface area contributed by atoms with Gasteiger partial charge in [-0.25, -0.2) is 0 Å². The van der Waals surface area contributed by atoms with Gasteiger partial charge in [0.25, 0.3) is 11.9 Å². The van der Waals surface area contributed by atoms with Crippen LogP contribution in [0.5, 0.6) is 0 Å². The van der Waals surface area contributed by atoms with Crippen LogP contribution in [0.2, 0.25) is 0 Å². The number of aliphatic carboxylic acids is 2. The van der Waals surface area contributed by atoms with Gasteiger partial charge in [-0.2, -0.15) is 0 Å². The highest BCUT2D eigenvalue weighted by Gasteiger charge is 1.99. The standard InChI is InChI=1S/C6H12.2C2H4O2/c1-5-6(2,3)4;2*1-2(3)4/h5H,1H2,2-4H3;2*1H3,(H,3,4). The van der Waals surface area contributed by atoms with Gasteiger partial charge in [-0.05, 0) is 5.41 Å². The van der Waals surface area contributed by atoms with E-state index in [1.807, 2.05) is 6.08 Å². The fourth-order valence-electron chi connectivity index (χ4n) is 0. The topological polar surface area (TPSA) is 74.6 Å². The summed E-state index contributed by atoms with van der Waals surface area (Å²) in [6, 6.07) is 0. The number of carboxylic acid groups (broad SMARTS) is 2. The Balaban J connectivity index is -0.000000135. The maximum atomic E-state index is 9.00. The van der Waals surface area contributed by atoms with Crippen molar-refractivity contribution in [2.45, 2.75) is 34.6 Å². The predicted molar refractivity (Wildman–Crippen MR) is 56.3 cm³/mol. The van der Waals surface area contributed by atoms with Gasteiger partial charge in [-0.1, -0.05) is 26.8 Å². The molecule has 4 heteroatoms. The monoisotopic (exact) mass is 204 g/mol. The van der Waals surface area contributed by atoms with Crippen LogP contribution in [0.25, 0.3) is 0 Å². The summed E-state index contributed by atoms with van der Waals surface area (Å²) in [6.45, 7) is 12.2. The molecule has 4 nitrogen and oxygen atoms in total. The summed E-state index contributed by atoms with van der Waals surface area (Å²) in [5.74, 6) is -1.67. The van der Waals surface area contributed by atoms with Gasteiger partial charge in [-0.3, -0.25) is 9.59 Å². The van der Waals surface area contributed by atoms with Crippen molar-refractivity contribution in [1.29, 1.82) is 0 Å². The smallest absolute Gasteiger partial charge is 0.300 e. The maximum Gasteiger partial charge on any atom is 0.300 e. The Morgan fingerprint density at radius 3 is 1.14 bits per heavy atom. The SMILES string of the molecule is C=CC(C)(C)C.CC(=O)O.CC(=O)O. The zero-order valence-corrected chi connectivity index (χ0v) is 9.50. The summed E-state index contributed by atoms with van der Waals surface area (Å²) in [6.07, 6.45) is 1.94. The fourth-order valence-corrected chi connectivity index (χ4v) is 0. The first kappa shape index (κ1) is 18.5. The molecule has 0 aromatic rings. The number of carboxylic acids is 2. The molecule has 2 N–H and O–H groups in total. The van der Waals surface area contributed by atoms with Crippen LogP contribution in [0.3, 0.4) is 0 Å². The second kappa shape index (κ2) is 9.77. The van der Waals surface area contributed by atoms with Gasteiger partial charge in [0, 0.05) is 13.8 Å². The molecule has 0 bridgehead atoms. The fraction of sp³-hybridized carbons (Fsp3) is 0.600. The third-order valence-corrected chi connectivity index (χ3v) is 0.612. The van der Waals surface area contributed by atoms with E-state index in [4.69, 9.17) is 19.8 Å². The molecule has 0 saturated carbocycles. The number of hydrogen-bond donors (Lipinski definition) is 2. The Kier molecular flexibility index (Phi) is 12.9. The van der Waals surface area contributed by atoms with Crippen molar-refractivity contribution < 1.29 is 19.8 Å². The van der Waals surface area contributed by atoms with Crippen molar-refractivity contribution in [1.82, 2.24) is 0 Å². The summed E-state index contributed by atoms with van der Waals surface area (Å²) in [7, 11) is 0. The van der Waals surface area contributed by atoms with E-state index in [-0.39, 0.29) is 0 Å². The summed E-state index contributed by atoms with van der Waals surface area (Å²) in [5.41, 5.74) is 0.306. The highest BCUT2D eigenvalue weighted by atomic mass is 16.4. The van der Waals surface area contributed by atoms with Crippen LogP contribution in [0.15, 0.2) is 12.7 Å². The molecule has 0 aliphatic carbocycles. The number of rotatable bonds is 0. The van der Waals surface area contributed by atoms with Crippen LogP contribution in [-0.2, 0) is 9.59 Å². The van der Waals surface area contributed by atoms with E-state index in [9.17, 15) is 0 Å². The minimum Gasteiger partial charge on any atom is -0.481 e. The normalized spacial score (nSPS) is 8.36. The average molecular weight is 204 g/mol. The first-order valence-corrected chi connectivity index (χ1v) is 4.05. The Labute approximate surface area is 85.3 Å². The van der Waals surface area contributed by atoms with Gasteiger partial charge in [0.05, 0.1) is 0 Å². The van der Waals surface area contributed by atoms with Crippen molar-refractivity contribution in [3.63, 3.8) is 0 Å². The molecule has 0 atom stereocenters. The molecule has 0 fully saturated rings. The highest BCUT2D eigenvalue weighted by molar-refractivity contribution is 5.63. The van der Waals surface area contributed by atoms with Gasteiger partial charge in [0.15, 0.2) is 0 Å². The quantitative estimate of drug-likeness (QED) is 0.594. The molecule has 0 saturated heterocycles. The van der Waals surface area contributed by atoms with Crippen LogP contribution in [0.4, 0.5) is 0 Å². The number of carbonyl (C=O) groups is 2. The number of hydrogen-bond acceptors (Lipinski definition) is 2. The van der Waals surface area contributed by atoms with Crippen LogP contribution in [0, 0.1) is 5.41 Å². The summed E-state index contributed by atoms with van der Waals surface area (Å²) < 4.78 is 0. The minimum absolute atomic E-state index is 0.306. The molecule has 0 heterocycles. The molecular formula is C10H20O4. The maximum absolute atomic E-state index is 9.00. The van der Waals surface area contributed by atoms with Gasteiger partial charge >= 0.3 is 0 Å². The first-order chi connectivity index (χ1) is 6.02. The molecule has 0 aliphatic heterocycles. The third-order valence-electron chi connectivity index (χ3n) is 0.612. The Morgan fingerprint density at radius 1 is 1.07 bits per heavy atom. The molecule has 0 aromatic carbocycles. The van der Waals surface area contributed by atoms with E-state index in [1.54, 1.807) is 0 Å². The second-order valence-electron chi connectivity index (χ2n) is 3.61. The van der Waals surface area contributed by atoms with E-state index in [0.717, 1.165) is 13.8 Å². The van der Waals surface area contributed by atoms with Crippen LogP contribution in [0.1, 0.15) is 34.6 Å². The Morgan fingerprint density at radius 2 is 1.14 bits per heavy atom. The second-order valence-corrected chi connectivity index (χ2v) is 3.61. The molecule has 0 radical (unpaired) electrons. The van der Waals surface area contributed by atoms with E-state index in [1.165, 1.54) is 0 Å².